The van der Waals surface area contributed by atoms with Gasteiger partial charge in [0.05, 0.1) is 12.8 Å². The standard InChI is InChI=1S/C24H23F2N3O3S/c1-31-19-9-5-8-17(22(19)32-23(25)26)10-11-21(30)28-24-27-18-12-13-29(15-20(18)33-24)14-16-6-3-2-4-7-16/h2-11,23H,12-15H2,1H3,(H,27,28,30). The van der Waals surface area contributed by atoms with Crippen molar-refractivity contribution < 1.29 is 23.0 Å². The number of thiazole rings is 1. The summed E-state index contributed by atoms with van der Waals surface area (Å²) in [5, 5.41) is 3.29. The van der Waals surface area contributed by atoms with Crippen LogP contribution in [0.4, 0.5) is 13.9 Å². The van der Waals surface area contributed by atoms with Gasteiger partial charge in [-0.3, -0.25) is 15.0 Å². The zero-order valence-electron chi connectivity index (χ0n) is 18.0. The highest BCUT2D eigenvalue weighted by atomic mass is 32.1. The van der Waals surface area contributed by atoms with Crippen molar-refractivity contribution in [1.29, 1.82) is 0 Å². The quantitative estimate of drug-likeness (QED) is 0.471. The summed E-state index contributed by atoms with van der Waals surface area (Å²) in [6.45, 7) is -0.454. The maximum atomic E-state index is 12.8. The zero-order chi connectivity index (χ0) is 23.2. The molecule has 1 N–H and O–H groups in total. The highest BCUT2D eigenvalue weighted by Crippen LogP contribution is 2.33. The number of aromatic nitrogens is 1. The number of anilines is 1. The van der Waals surface area contributed by atoms with Gasteiger partial charge in [0.2, 0.25) is 5.91 Å². The highest BCUT2D eigenvalue weighted by Gasteiger charge is 2.21. The van der Waals surface area contributed by atoms with Crippen LogP contribution in [0.15, 0.2) is 54.6 Å². The summed E-state index contributed by atoms with van der Waals surface area (Å²) < 4.78 is 35.2. The Morgan fingerprint density at radius 1 is 1.24 bits per heavy atom. The molecule has 0 unspecified atom stereocenters. The Balaban J connectivity index is 1.40. The van der Waals surface area contributed by atoms with E-state index in [9.17, 15) is 13.6 Å². The molecule has 0 aliphatic carbocycles. The summed E-state index contributed by atoms with van der Waals surface area (Å²) in [6.07, 6.45) is 3.49. The Kier molecular flexibility index (Phi) is 7.31. The molecule has 0 atom stereocenters. The van der Waals surface area contributed by atoms with Crippen molar-refractivity contribution in [3.63, 3.8) is 0 Å². The molecule has 0 bridgehead atoms. The van der Waals surface area contributed by atoms with Crippen LogP contribution in [0.1, 0.15) is 21.7 Å². The smallest absolute Gasteiger partial charge is 0.387 e. The molecule has 1 amide bonds. The van der Waals surface area contributed by atoms with Crippen LogP contribution in [-0.2, 0) is 24.3 Å². The van der Waals surface area contributed by atoms with E-state index in [2.05, 4.69) is 32.1 Å². The van der Waals surface area contributed by atoms with Gasteiger partial charge >= 0.3 is 6.61 Å². The fraction of sp³-hybridized carbons (Fsp3) is 0.250. The molecule has 3 aromatic rings. The van der Waals surface area contributed by atoms with E-state index in [1.54, 1.807) is 12.1 Å². The second kappa shape index (κ2) is 10.5. The molecule has 2 heterocycles. The molecule has 0 saturated carbocycles. The number of hydrogen-bond donors (Lipinski definition) is 1. The van der Waals surface area contributed by atoms with Crippen LogP contribution in [0.3, 0.4) is 0 Å². The van der Waals surface area contributed by atoms with E-state index in [0.29, 0.717) is 10.7 Å². The first-order valence-electron chi connectivity index (χ1n) is 10.4. The number of halogens is 2. The Morgan fingerprint density at radius 2 is 2.06 bits per heavy atom. The minimum absolute atomic E-state index is 0.123. The summed E-state index contributed by atoms with van der Waals surface area (Å²) in [7, 11) is 1.36. The third-order valence-corrected chi connectivity index (χ3v) is 6.14. The number of hydrogen-bond acceptors (Lipinski definition) is 6. The van der Waals surface area contributed by atoms with Gasteiger partial charge in [0, 0.05) is 42.6 Å². The van der Waals surface area contributed by atoms with Gasteiger partial charge in [0.1, 0.15) is 0 Å². The molecule has 172 valence electrons. The number of methoxy groups -OCH3 is 1. The van der Waals surface area contributed by atoms with Gasteiger partial charge in [0.25, 0.3) is 0 Å². The number of carbonyl (C=O) groups excluding carboxylic acids is 1. The van der Waals surface area contributed by atoms with Gasteiger partial charge in [-0.1, -0.05) is 42.5 Å². The Morgan fingerprint density at radius 3 is 2.82 bits per heavy atom. The molecule has 4 rings (SSSR count). The number of rotatable bonds is 8. The third-order valence-electron chi connectivity index (χ3n) is 5.14. The van der Waals surface area contributed by atoms with Gasteiger partial charge in [-0.15, -0.1) is 11.3 Å². The molecule has 2 aromatic carbocycles. The minimum Gasteiger partial charge on any atom is -0.493 e. The second-order valence-corrected chi connectivity index (χ2v) is 8.50. The van der Waals surface area contributed by atoms with Crippen LogP contribution in [0.5, 0.6) is 11.5 Å². The zero-order valence-corrected chi connectivity index (χ0v) is 18.8. The van der Waals surface area contributed by atoms with E-state index in [1.165, 1.54) is 42.2 Å². The maximum absolute atomic E-state index is 12.8. The monoisotopic (exact) mass is 471 g/mol. The van der Waals surface area contributed by atoms with Gasteiger partial charge in [-0.05, 0) is 17.7 Å². The van der Waals surface area contributed by atoms with Crippen LogP contribution < -0.4 is 14.8 Å². The molecule has 9 heteroatoms. The van der Waals surface area contributed by atoms with Crippen LogP contribution in [0.25, 0.3) is 6.08 Å². The lowest BCUT2D eigenvalue weighted by molar-refractivity contribution is -0.111. The van der Waals surface area contributed by atoms with E-state index in [1.807, 2.05) is 18.2 Å². The van der Waals surface area contributed by atoms with Gasteiger partial charge in [-0.25, -0.2) is 4.98 Å². The summed E-state index contributed by atoms with van der Waals surface area (Å²) in [6, 6.07) is 15.0. The Labute approximate surface area is 194 Å². The molecular weight excluding hydrogens is 448 g/mol. The number of ether oxygens (including phenoxy) is 2. The molecule has 6 nitrogen and oxygen atoms in total. The van der Waals surface area contributed by atoms with Crippen LogP contribution in [0.2, 0.25) is 0 Å². The lowest BCUT2D eigenvalue weighted by Crippen LogP contribution is -2.29. The normalized spacial score (nSPS) is 13.8. The molecule has 33 heavy (non-hydrogen) atoms. The van der Waals surface area contributed by atoms with Crippen molar-refractivity contribution in [2.24, 2.45) is 0 Å². The third kappa shape index (κ3) is 5.94. The average molecular weight is 472 g/mol. The van der Waals surface area contributed by atoms with Gasteiger partial charge in [0.15, 0.2) is 16.6 Å². The largest absolute Gasteiger partial charge is 0.493 e. The van der Waals surface area contributed by atoms with E-state index in [4.69, 9.17) is 4.74 Å². The number of benzene rings is 2. The van der Waals surface area contributed by atoms with Gasteiger partial charge in [-0.2, -0.15) is 8.78 Å². The van der Waals surface area contributed by atoms with E-state index in [-0.39, 0.29) is 11.5 Å². The molecule has 0 spiro atoms. The molecule has 1 aromatic heterocycles. The summed E-state index contributed by atoms with van der Waals surface area (Å²) in [4.78, 5) is 20.5. The van der Waals surface area contributed by atoms with E-state index < -0.39 is 12.5 Å². The van der Waals surface area contributed by atoms with Crippen molar-refractivity contribution in [1.82, 2.24) is 9.88 Å². The first-order valence-corrected chi connectivity index (χ1v) is 11.2. The first kappa shape index (κ1) is 22.9. The molecule has 1 aliphatic rings. The number of carbonyl (C=O) groups is 1. The van der Waals surface area contributed by atoms with Crippen molar-refractivity contribution in [3.8, 4) is 11.5 Å². The average Bonchev–Trinajstić information content (AvgIpc) is 3.20. The van der Waals surface area contributed by atoms with Crippen molar-refractivity contribution >= 4 is 28.5 Å². The highest BCUT2D eigenvalue weighted by molar-refractivity contribution is 7.15. The Hall–Kier alpha value is -3.30. The van der Waals surface area contributed by atoms with E-state index in [0.717, 1.165) is 36.6 Å². The predicted molar refractivity (Wildman–Crippen MR) is 124 cm³/mol. The summed E-state index contributed by atoms with van der Waals surface area (Å²) in [5.41, 5.74) is 2.57. The molecule has 0 saturated heterocycles. The molecular formula is C24H23F2N3O3S. The first-order chi connectivity index (χ1) is 16.0. The molecule has 0 radical (unpaired) electrons. The Bertz CT molecular complexity index is 1140. The number of nitrogens with one attached hydrogen (secondary N) is 1. The second-order valence-electron chi connectivity index (χ2n) is 7.41. The molecule has 1 aliphatic heterocycles. The molecule has 0 fully saturated rings. The van der Waals surface area contributed by atoms with Crippen molar-refractivity contribution in [3.05, 3.63) is 76.3 Å². The number of amides is 1. The van der Waals surface area contributed by atoms with Crippen LogP contribution >= 0.6 is 11.3 Å². The fourth-order valence-corrected chi connectivity index (χ4v) is 4.68. The topological polar surface area (TPSA) is 63.7 Å². The summed E-state index contributed by atoms with van der Waals surface area (Å²) in [5.74, 6) is -0.374. The van der Waals surface area contributed by atoms with Crippen LogP contribution in [-0.4, -0.2) is 36.1 Å². The minimum atomic E-state index is -3.01. The summed E-state index contributed by atoms with van der Waals surface area (Å²) >= 11 is 1.45. The lowest BCUT2D eigenvalue weighted by Gasteiger charge is -2.25. The van der Waals surface area contributed by atoms with Crippen molar-refractivity contribution in [2.75, 3.05) is 19.0 Å². The van der Waals surface area contributed by atoms with E-state index >= 15 is 0 Å². The SMILES string of the molecule is COc1cccc(C=CC(=O)Nc2nc3c(s2)CN(Cc2ccccc2)CC3)c1OC(F)F. The van der Waals surface area contributed by atoms with Gasteiger partial charge < -0.3 is 9.47 Å². The van der Waals surface area contributed by atoms with Crippen LogP contribution in [0, 0.1) is 0 Å². The number of fused-ring (bicyclic) bond motifs is 1. The van der Waals surface area contributed by atoms with Crippen molar-refractivity contribution in [2.45, 2.75) is 26.1 Å². The maximum Gasteiger partial charge on any atom is 0.387 e. The fourth-order valence-electron chi connectivity index (χ4n) is 3.63. The number of para-hydroxylation sites is 1. The number of alkyl halides is 2. The lowest BCUT2D eigenvalue weighted by atomic mass is 10.1. The predicted octanol–water partition coefficient (Wildman–Crippen LogP) is 4.96. The number of nitrogens with zero attached hydrogens (tertiary/aromatic N) is 2.